The zero-order valence-electron chi connectivity index (χ0n) is 10.8. The maximum absolute atomic E-state index is 11.4. The molecule has 0 aromatic heterocycles. The molecule has 19 heavy (non-hydrogen) atoms. The van der Waals surface area contributed by atoms with Gasteiger partial charge in [-0.3, -0.25) is 0 Å². The predicted molar refractivity (Wildman–Crippen MR) is 74.5 cm³/mol. The first kappa shape index (κ1) is 11.8. The highest BCUT2D eigenvalue weighted by Crippen LogP contribution is 2.31. The Labute approximate surface area is 112 Å². The van der Waals surface area contributed by atoms with Gasteiger partial charge < -0.3 is 10.0 Å². The summed E-state index contributed by atoms with van der Waals surface area (Å²) in [6, 6.07) is 13.9. The Kier molecular flexibility index (Phi) is 2.75. The number of nitrogens with zero attached hydrogens (tertiary/aromatic N) is 1. The molecule has 1 heterocycles. The highest BCUT2D eigenvalue weighted by molar-refractivity contribution is 5.94. The average molecular weight is 253 g/mol. The molecule has 3 nitrogen and oxygen atoms in total. The Morgan fingerprint density at radius 1 is 1.11 bits per heavy atom. The molecule has 1 aliphatic heterocycles. The normalized spacial score (nSPS) is 13.4. The molecular formula is C16H15NO2. The molecule has 0 bridgehead atoms. The summed E-state index contributed by atoms with van der Waals surface area (Å²) in [5.41, 5.74) is 4.71. The number of carboxylic acid groups (broad SMARTS) is 1. The molecular weight excluding hydrogens is 238 g/mol. The van der Waals surface area contributed by atoms with Gasteiger partial charge in [-0.25, -0.2) is 4.79 Å². The molecule has 1 aliphatic rings. The van der Waals surface area contributed by atoms with E-state index in [0.717, 1.165) is 24.3 Å². The molecule has 0 unspecified atom stereocenters. The van der Waals surface area contributed by atoms with Gasteiger partial charge in [-0.15, -0.1) is 0 Å². The van der Waals surface area contributed by atoms with Crippen LogP contribution in [0.3, 0.4) is 0 Å². The Bertz CT molecular complexity index is 624. The second kappa shape index (κ2) is 4.43. The van der Waals surface area contributed by atoms with Crippen molar-refractivity contribution in [1.82, 2.24) is 0 Å². The highest BCUT2D eigenvalue weighted by Gasteiger charge is 2.22. The molecule has 0 aliphatic carbocycles. The first-order chi connectivity index (χ1) is 9.15. The fraction of sp³-hybridized carbons (Fsp3) is 0.188. The van der Waals surface area contributed by atoms with Crippen molar-refractivity contribution in [2.75, 3.05) is 4.90 Å². The lowest BCUT2D eigenvalue weighted by molar-refractivity contribution is 0.0697. The molecule has 0 saturated heterocycles. The number of carboxylic acids is 1. The first-order valence-corrected chi connectivity index (χ1v) is 6.31. The van der Waals surface area contributed by atoms with E-state index in [9.17, 15) is 9.90 Å². The van der Waals surface area contributed by atoms with Crippen molar-refractivity contribution < 1.29 is 9.90 Å². The van der Waals surface area contributed by atoms with Gasteiger partial charge in [0.25, 0.3) is 0 Å². The summed E-state index contributed by atoms with van der Waals surface area (Å²) in [7, 11) is 0. The zero-order valence-corrected chi connectivity index (χ0v) is 10.8. The number of carbonyl (C=O) groups is 1. The van der Waals surface area contributed by atoms with E-state index in [-0.39, 0.29) is 0 Å². The van der Waals surface area contributed by atoms with Crippen LogP contribution in [0.5, 0.6) is 0 Å². The maximum atomic E-state index is 11.4. The maximum Gasteiger partial charge on any atom is 0.337 e. The lowest BCUT2D eigenvalue weighted by Gasteiger charge is -2.20. The smallest absolute Gasteiger partial charge is 0.337 e. The molecule has 0 radical (unpaired) electrons. The van der Waals surface area contributed by atoms with E-state index >= 15 is 0 Å². The van der Waals surface area contributed by atoms with E-state index in [0.29, 0.717) is 5.56 Å². The van der Waals surface area contributed by atoms with E-state index in [4.69, 9.17) is 0 Å². The molecule has 96 valence electrons. The van der Waals surface area contributed by atoms with E-state index in [1.54, 1.807) is 6.07 Å². The van der Waals surface area contributed by atoms with Gasteiger partial charge >= 0.3 is 5.97 Å². The van der Waals surface area contributed by atoms with Crippen molar-refractivity contribution >= 4 is 11.7 Å². The summed E-state index contributed by atoms with van der Waals surface area (Å²) in [5.74, 6) is -0.866. The second-order valence-corrected chi connectivity index (χ2v) is 4.95. The molecule has 2 aromatic carbocycles. The standard InChI is InChI=1S/C16H15NO2/c1-11-6-7-15(14(8-11)16(18)19)17-9-12-4-2-3-5-13(12)10-17/h2-8H,9-10H2,1H3,(H,18,19). The number of rotatable bonds is 2. The van der Waals surface area contributed by atoms with Gasteiger partial charge in [0, 0.05) is 13.1 Å². The SMILES string of the molecule is Cc1ccc(N2Cc3ccccc3C2)c(C(=O)O)c1. The minimum atomic E-state index is -0.866. The van der Waals surface area contributed by atoms with Gasteiger partial charge in [-0.05, 0) is 30.2 Å². The number of anilines is 1. The van der Waals surface area contributed by atoms with Gasteiger partial charge in [0.05, 0.1) is 11.3 Å². The predicted octanol–water partition coefficient (Wildman–Crippen LogP) is 3.21. The highest BCUT2D eigenvalue weighted by atomic mass is 16.4. The molecule has 3 heteroatoms. The number of benzene rings is 2. The van der Waals surface area contributed by atoms with Crippen LogP contribution in [-0.2, 0) is 13.1 Å². The van der Waals surface area contributed by atoms with Crippen LogP contribution in [0.25, 0.3) is 0 Å². The van der Waals surface area contributed by atoms with Crippen molar-refractivity contribution in [3.63, 3.8) is 0 Å². The largest absolute Gasteiger partial charge is 0.478 e. The van der Waals surface area contributed by atoms with Crippen molar-refractivity contribution in [3.8, 4) is 0 Å². The van der Waals surface area contributed by atoms with E-state index in [2.05, 4.69) is 17.0 Å². The number of hydrogen-bond donors (Lipinski definition) is 1. The number of aryl methyl sites for hydroxylation is 1. The van der Waals surface area contributed by atoms with Gasteiger partial charge in [0.2, 0.25) is 0 Å². The van der Waals surface area contributed by atoms with E-state index in [1.165, 1.54) is 11.1 Å². The van der Waals surface area contributed by atoms with Crippen LogP contribution in [0.1, 0.15) is 27.0 Å². The summed E-state index contributed by atoms with van der Waals surface area (Å²) in [5, 5.41) is 9.34. The van der Waals surface area contributed by atoms with Gasteiger partial charge in [0.1, 0.15) is 0 Å². The minimum absolute atomic E-state index is 0.382. The number of fused-ring (bicyclic) bond motifs is 1. The topological polar surface area (TPSA) is 40.5 Å². The third-order valence-electron chi connectivity index (χ3n) is 3.56. The van der Waals surface area contributed by atoms with Crippen molar-refractivity contribution in [2.24, 2.45) is 0 Å². The zero-order chi connectivity index (χ0) is 13.4. The third kappa shape index (κ3) is 2.08. The fourth-order valence-electron chi connectivity index (χ4n) is 2.60. The summed E-state index contributed by atoms with van der Waals surface area (Å²) in [4.78, 5) is 13.5. The Balaban J connectivity index is 1.99. The summed E-state index contributed by atoms with van der Waals surface area (Å²) < 4.78 is 0. The molecule has 2 aromatic rings. The molecule has 3 rings (SSSR count). The minimum Gasteiger partial charge on any atom is -0.478 e. The van der Waals surface area contributed by atoms with Crippen LogP contribution in [0.4, 0.5) is 5.69 Å². The quantitative estimate of drug-likeness (QED) is 0.893. The van der Waals surface area contributed by atoms with Crippen LogP contribution in [0.2, 0.25) is 0 Å². The Morgan fingerprint density at radius 2 is 1.74 bits per heavy atom. The van der Waals surface area contributed by atoms with Crippen LogP contribution in [0.15, 0.2) is 42.5 Å². The van der Waals surface area contributed by atoms with Crippen LogP contribution in [-0.4, -0.2) is 11.1 Å². The Morgan fingerprint density at radius 3 is 2.32 bits per heavy atom. The van der Waals surface area contributed by atoms with Crippen molar-refractivity contribution in [2.45, 2.75) is 20.0 Å². The summed E-state index contributed by atoms with van der Waals surface area (Å²) in [6.07, 6.45) is 0. The lowest BCUT2D eigenvalue weighted by Crippen LogP contribution is -2.18. The van der Waals surface area contributed by atoms with Crippen molar-refractivity contribution in [3.05, 3.63) is 64.7 Å². The summed E-state index contributed by atoms with van der Waals surface area (Å²) in [6.45, 7) is 3.47. The number of hydrogen-bond acceptors (Lipinski definition) is 2. The molecule has 1 N–H and O–H groups in total. The van der Waals surface area contributed by atoms with E-state index in [1.807, 2.05) is 31.2 Å². The lowest BCUT2D eigenvalue weighted by atomic mass is 10.1. The van der Waals surface area contributed by atoms with Gasteiger partial charge in [0.15, 0.2) is 0 Å². The third-order valence-corrected chi connectivity index (χ3v) is 3.56. The molecule has 0 spiro atoms. The molecule has 0 saturated carbocycles. The van der Waals surface area contributed by atoms with Gasteiger partial charge in [-0.2, -0.15) is 0 Å². The summed E-state index contributed by atoms with van der Waals surface area (Å²) >= 11 is 0. The molecule has 0 atom stereocenters. The van der Waals surface area contributed by atoms with Crippen LogP contribution in [0, 0.1) is 6.92 Å². The molecule has 0 amide bonds. The molecule has 0 fully saturated rings. The first-order valence-electron chi connectivity index (χ1n) is 6.31. The van der Waals surface area contributed by atoms with Crippen LogP contribution < -0.4 is 4.90 Å². The van der Waals surface area contributed by atoms with Crippen molar-refractivity contribution in [1.29, 1.82) is 0 Å². The monoisotopic (exact) mass is 253 g/mol. The fourth-order valence-corrected chi connectivity index (χ4v) is 2.60. The average Bonchev–Trinajstić information content (AvgIpc) is 2.82. The van der Waals surface area contributed by atoms with Crippen LogP contribution >= 0.6 is 0 Å². The Hall–Kier alpha value is -2.29. The second-order valence-electron chi connectivity index (χ2n) is 4.95. The van der Waals surface area contributed by atoms with E-state index < -0.39 is 5.97 Å². The van der Waals surface area contributed by atoms with Gasteiger partial charge in [-0.1, -0.05) is 35.9 Å². The number of aromatic carboxylic acids is 1.